The van der Waals surface area contributed by atoms with Gasteiger partial charge in [-0.05, 0) is 31.5 Å². The first-order chi connectivity index (χ1) is 7.91. The molecule has 0 aliphatic rings. The van der Waals surface area contributed by atoms with E-state index in [1.165, 1.54) is 0 Å². The van der Waals surface area contributed by atoms with E-state index in [0.717, 1.165) is 22.3 Å². The van der Waals surface area contributed by atoms with Crippen LogP contribution >= 0.6 is 28.1 Å². The zero-order chi connectivity index (χ0) is 13.0. The van der Waals surface area contributed by atoms with Gasteiger partial charge in [0.2, 0.25) is 0 Å². The second kappa shape index (κ2) is 6.33. The quantitative estimate of drug-likeness (QED) is 0.818. The van der Waals surface area contributed by atoms with E-state index in [4.69, 9.17) is 18.0 Å². The van der Waals surface area contributed by atoms with Crippen LogP contribution in [-0.2, 0) is 0 Å². The molecule has 1 unspecified atom stereocenters. The van der Waals surface area contributed by atoms with Crippen molar-refractivity contribution < 1.29 is 5.11 Å². The molecule has 0 saturated heterocycles. The summed E-state index contributed by atoms with van der Waals surface area (Å²) < 4.78 is 0.952. The molecule has 0 heterocycles. The van der Waals surface area contributed by atoms with Gasteiger partial charge in [-0.15, -0.1) is 0 Å². The third-order valence-corrected chi connectivity index (χ3v) is 3.23. The van der Waals surface area contributed by atoms with Gasteiger partial charge in [-0.2, -0.15) is 0 Å². The monoisotopic (exact) mass is 316 g/mol. The molecular weight excluding hydrogens is 300 g/mol. The summed E-state index contributed by atoms with van der Waals surface area (Å²) in [5.74, 6) is 0. The summed E-state index contributed by atoms with van der Waals surface area (Å²) in [6.45, 7) is 2.54. The lowest BCUT2D eigenvalue weighted by Gasteiger charge is -2.23. The van der Waals surface area contributed by atoms with Crippen LogP contribution in [0, 0.1) is 0 Å². The van der Waals surface area contributed by atoms with E-state index in [1.54, 1.807) is 6.92 Å². The number of nitrogens with two attached hydrogens (primary N) is 1. The third-order valence-electron chi connectivity index (χ3n) is 2.52. The van der Waals surface area contributed by atoms with Crippen LogP contribution in [0.25, 0.3) is 0 Å². The Bertz CT molecular complexity index is 409. The van der Waals surface area contributed by atoms with Gasteiger partial charge >= 0.3 is 0 Å². The van der Waals surface area contributed by atoms with Crippen LogP contribution in [0.3, 0.4) is 0 Å². The van der Waals surface area contributed by atoms with Crippen molar-refractivity contribution in [2.75, 3.05) is 18.5 Å². The van der Waals surface area contributed by atoms with E-state index >= 15 is 0 Å². The molecule has 0 fully saturated rings. The molecule has 1 aromatic rings. The molecule has 94 valence electrons. The van der Waals surface area contributed by atoms with Crippen molar-refractivity contribution in [1.29, 1.82) is 0 Å². The zero-order valence-corrected chi connectivity index (χ0v) is 12.4. The predicted molar refractivity (Wildman–Crippen MR) is 79.6 cm³/mol. The van der Waals surface area contributed by atoms with Crippen LogP contribution in [0.5, 0.6) is 0 Å². The summed E-state index contributed by atoms with van der Waals surface area (Å²) in [4.78, 5) is 2.43. The Morgan fingerprint density at radius 2 is 2.24 bits per heavy atom. The number of anilines is 1. The number of aliphatic hydroxyl groups is 1. The molecular formula is C12H17BrN2OS. The lowest BCUT2D eigenvalue weighted by Crippen LogP contribution is -2.25. The third kappa shape index (κ3) is 4.26. The van der Waals surface area contributed by atoms with Crippen LogP contribution in [-0.4, -0.2) is 29.8 Å². The van der Waals surface area contributed by atoms with Crippen LogP contribution in [0.1, 0.15) is 18.9 Å². The van der Waals surface area contributed by atoms with Crippen molar-refractivity contribution in [1.82, 2.24) is 0 Å². The lowest BCUT2D eigenvalue weighted by molar-refractivity contribution is 0.187. The largest absolute Gasteiger partial charge is 0.393 e. The van der Waals surface area contributed by atoms with E-state index < -0.39 is 0 Å². The molecule has 0 bridgehead atoms. The van der Waals surface area contributed by atoms with Gasteiger partial charge in [0.1, 0.15) is 4.99 Å². The first kappa shape index (κ1) is 14.4. The number of benzene rings is 1. The Labute approximate surface area is 116 Å². The molecule has 0 spiro atoms. The molecule has 1 atom stereocenters. The number of rotatable bonds is 5. The van der Waals surface area contributed by atoms with E-state index in [0.29, 0.717) is 11.4 Å². The molecule has 1 aromatic carbocycles. The number of thiocarbonyl (C=S) groups is 1. The maximum absolute atomic E-state index is 9.29. The van der Waals surface area contributed by atoms with Gasteiger partial charge in [-0.1, -0.05) is 28.1 Å². The molecule has 0 saturated carbocycles. The molecule has 3 nitrogen and oxygen atoms in total. The Kier molecular flexibility index (Phi) is 5.36. The molecule has 0 radical (unpaired) electrons. The van der Waals surface area contributed by atoms with Crippen molar-refractivity contribution in [2.24, 2.45) is 5.73 Å². The van der Waals surface area contributed by atoms with E-state index in [9.17, 15) is 5.11 Å². The van der Waals surface area contributed by atoms with Gasteiger partial charge in [0.15, 0.2) is 0 Å². The van der Waals surface area contributed by atoms with Crippen LogP contribution in [0.15, 0.2) is 22.7 Å². The topological polar surface area (TPSA) is 49.5 Å². The summed E-state index contributed by atoms with van der Waals surface area (Å²) in [5, 5.41) is 9.29. The fourth-order valence-electron chi connectivity index (χ4n) is 1.54. The van der Waals surface area contributed by atoms with Gasteiger partial charge in [0.05, 0.1) is 6.10 Å². The van der Waals surface area contributed by atoms with Crippen LogP contribution in [0.2, 0.25) is 0 Å². The second-order valence-electron chi connectivity index (χ2n) is 4.08. The zero-order valence-electron chi connectivity index (χ0n) is 9.98. The van der Waals surface area contributed by atoms with Crippen LogP contribution < -0.4 is 10.6 Å². The van der Waals surface area contributed by atoms with Gasteiger partial charge < -0.3 is 15.7 Å². The highest BCUT2D eigenvalue weighted by atomic mass is 79.9. The SMILES string of the molecule is CC(O)CCN(C)c1ccc(Br)cc1C(N)=S. The van der Waals surface area contributed by atoms with E-state index in [2.05, 4.69) is 15.9 Å². The Morgan fingerprint density at radius 1 is 1.59 bits per heavy atom. The smallest absolute Gasteiger partial charge is 0.106 e. The Balaban J connectivity index is 2.92. The Morgan fingerprint density at radius 3 is 2.76 bits per heavy atom. The molecule has 0 aliphatic carbocycles. The minimum absolute atomic E-state index is 0.304. The molecule has 17 heavy (non-hydrogen) atoms. The first-order valence-electron chi connectivity index (χ1n) is 5.40. The number of nitrogens with zero attached hydrogens (tertiary/aromatic N) is 1. The minimum atomic E-state index is -0.304. The molecule has 0 amide bonds. The van der Waals surface area contributed by atoms with Crippen LogP contribution in [0.4, 0.5) is 5.69 Å². The van der Waals surface area contributed by atoms with Crippen molar-refractivity contribution in [3.8, 4) is 0 Å². The van der Waals surface area contributed by atoms with Gasteiger partial charge in [0.25, 0.3) is 0 Å². The standard InChI is InChI=1S/C12H17BrN2OS/c1-8(16)5-6-15(2)11-4-3-9(13)7-10(11)12(14)17/h3-4,7-8,16H,5-6H2,1-2H3,(H2,14,17). The first-order valence-corrected chi connectivity index (χ1v) is 6.60. The highest BCUT2D eigenvalue weighted by Crippen LogP contribution is 2.24. The molecule has 3 N–H and O–H groups in total. The molecule has 1 rings (SSSR count). The van der Waals surface area contributed by atoms with Crippen molar-refractivity contribution in [2.45, 2.75) is 19.4 Å². The molecule has 0 aromatic heterocycles. The average molecular weight is 317 g/mol. The number of hydrogen-bond donors (Lipinski definition) is 2. The van der Waals surface area contributed by atoms with Gasteiger partial charge in [-0.25, -0.2) is 0 Å². The van der Waals surface area contributed by atoms with Gasteiger partial charge in [0, 0.05) is 29.3 Å². The highest BCUT2D eigenvalue weighted by molar-refractivity contribution is 9.10. The second-order valence-corrected chi connectivity index (χ2v) is 5.44. The fraction of sp³-hybridized carbons (Fsp3) is 0.417. The number of halogens is 1. The minimum Gasteiger partial charge on any atom is -0.393 e. The Hall–Kier alpha value is -0.650. The summed E-state index contributed by atoms with van der Waals surface area (Å²) in [7, 11) is 1.97. The lowest BCUT2D eigenvalue weighted by atomic mass is 10.1. The summed E-state index contributed by atoms with van der Waals surface area (Å²) >= 11 is 8.45. The van der Waals surface area contributed by atoms with Gasteiger partial charge in [-0.3, -0.25) is 0 Å². The average Bonchev–Trinajstić information content (AvgIpc) is 2.25. The maximum atomic E-state index is 9.29. The van der Waals surface area contributed by atoms with Crippen molar-refractivity contribution >= 4 is 38.8 Å². The molecule has 5 heteroatoms. The van der Waals surface area contributed by atoms with Crippen molar-refractivity contribution in [3.05, 3.63) is 28.2 Å². The molecule has 0 aliphatic heterocycles. The predicted octanol–water partition coefficient (Wildman–Crippen LogP) is 2.29. The maximum Gasteiger partial charge on any atom is 0.106 e. The number of hydrogen-bond acceptors (Lipinski definition) is 3. The summed E-state index contributed by atoms with van der Waals surface area (Å²) in [6, 6.07) is 5.84. The van der Waals surface area contributed by atoms with Crippen molar-refractivity contribution in [3.63, 3.8) is 0 Å². The normalized spacial score (nSPS) is 12.2. The van der Waals surface area contributed by atoms with E-state index in [-0.39, 0.29) is 6.10 Å². The number of aliphatic hydroxyl groups excluding tert-OH is 1. The fourth-order valence-corrected chi connectivity index (χ4v) is 2.06. The summed E-state index contributed by atoms with van der Waals surface area (Å²) in [5.41, 5.74) is 7.55. The highest BCUT2D eigenvalue weighted by Gasteiger charge is 2.10. The summed E-state index contributed by atoms with van der Waals surface area (Å²) in [6.07, 6.45) is 0.407. The van der Waals surface area contributed by atoms with E-state index in [1.807, 2.05) is 30.1 Å².